The predicted molar refractivity (Wildman–Crippen MR) is 72.2 cm³/mol. The number of aromatic carboxylic acids is 1. The van der Waals surface area contributed by atoms with Crippen molar-refractivity contribution in [2.24, 2.45) is 0 Å². The summed E-state index contributed by atoms with van der Waals surface area (Å²) in [4.78, 5) is 15.2. The second-order valence-electron chi connectivity index (χ2n) is 3.74. The molecule has 0 bridgehead atoms. The second kappa shape index (κ2) is 5.06. The molecule has 0 aliphatic rings. The number of anilines is 1. The number of benzene rings is 1. The molecule has 0 fully saturated rings. The molecular formula is C13H11ClN2O2. The summed E-state index contributed by atoms with van der Waals surface area (Å²) >= 11 is 5.68. The average molecular weight is 263 g/mol. The lowest BCUT2D eigenvalue weighted by atomic mass is 10.1. The quantitative estimate of drug-likeness (QED) is 0.889. The molecule has 2 N–H and O–H groups in total. The Morgan fingerprint density at radius 3 is 2.67 bits per heavy atom. The standard InChI is InChI=1S/C13H11ClN2O2/c1-8(14)6-15-12-10-5-3-2-4-9(10)11(7-16-12)13(17)18/h2-5,7H,1,6H2,(H,15,16)(H,17,18). The monoisotopic (exact) mass is 262 g/mol. The van der Waals surface area contributed by atoms with E-state index in [0.717, 1.165) is 5.39 Å². The molecule has 0 aliphatic heterocycles. The van der Waals surface area contributed by atoms with Crippen LogP contribution in [0.25, 0.3) is 10.8 Å². The zero-order valence-electron chi connectivity index (χ0n) is 9.48. The number of hydrogen-bond donors (Lipinski definition) is 2. The highest BCUT2D eigenvalue weighted by Crippen LogP contribution is 2.24. The van der Waals surface area contributed by atoms with Crippen molar-refractivity contribution in [2.75, 3.05) is 11.9 Å². The Bertz CT molecular complexity index is 625. The first-order chi connectivity index (χ1) is 8.59. The first-order valence-corrected chi connectivity index (χ1v) is 5.65. The summed E-state index contributed by atoms with van der Waals surface area (Å²) in [5.74, 6) is -0.399. The molecule has 18 heavy (non-hydrogen) atoms. The predicted octanol–water partition coefficient (Wildman–Crippen LogP) is 3.10. The minimum atomic E-state index is -0.994. The van der Waals surface area contributed by atoms with Crippen LogP contribution in [0.3, 0.4) is 0 Å². The fraction of sp³-hybridized carbons (Fsp3) is 0.0769. The van der Waals surface area contributed by atoms with Crippen LogP contribution in [0.2, 0.25) is 0 Å². The molecule has 0 aliphatic carbocycles. The first-order valence-electron chi connectivity index (χ1n) is 5.28. The summed E-state index contributed by atoms with van der Waals surface area (Å²) < 4.78 is 0. The van der Waals surface area contributed by atoms with Gasteiger partial charge >= 0.3 is 5.97 Å². The number of carboxylic acid groups (broad SMARTS) is 1. The largest absolute Gasteiger partial charge is 0.478 e. The van der Waals surface area contributed by atoms with Crippen molar-refractivity contribution in [1.82, 2.24) is 4.98 Å². The van der Waals surface area contributed by atoms with Gasteiger partial charge in [-0.1, -0.05) is 42.4 Å². The third-order valence-corrected chi connectivity index (χ3v) is 2.61. The Morgan fingerprint density at radius 1 is 1.39 bits per heavy atom. The summed E-state index contributed by atoms with van der Waals surface area (Å²) in [6.45, 7) is 3.96. The smallest absolute Gasteiger partial charge is 0.337 e. The van der Waals surface area contributed by atoms with E-state index < -0.39 is 5.97 Å². The van der Waals surface area contributed by atoms with Crippen LogP contribution in [-0.4, -0.2) is 22.6 Å². The van der Waals surface area contributed by atoms with Crippen LogP contribution in [0.15, 0.2) is 42.1 Å². The van der Waals surface area contributed by atoms with Crippen molar-refractivity contribution in [3.63, 3.8) is 0 Å². The van der Waals surface area contributed by atoms with Gasteiger partial charge in [0.25, 0.3) is 0 Å². The van der Waals surface area contributed by atoms with Gasteiger partial charge in [-0.05, 0) is 0 Å². The molecule has 2 aromatic rings. The first kappa shape index (κ1) is 12.4. The van der Waals surface area contributed by atoms with Gasteiger partial charge in [-0.3, -0.25) is 0 Å². The van der Waals surface area contributed by atoms with Crippen LogP contribution in [0, 0.1) is 0 Å². The van der Waals surface area contributed by atoms with Crippen LogP contribution in [-0.2, 0) is 0 Å². The summed E-state index contributed by atoms with van der Waals surface area (Å²) in [6, 6.07) is 7.19. The molecular weight excluding hydrogens is 252 g/mol. The molecule has 0 unspecified atom stereocenters. The molecule has 0 atom stereocenters. The zero-order chi connectivity index (χ0) is 13.1. The summed E-state index contributed by atoms with van der Waals surface area (Å²) in [5.41, 5.74) is 0.181. The number of pyridine rings is 1. The lowest BCUT2D eigenvalue weighted by Gasteiger charge is -2.09. The Labute approximate surface area is 109 Å². The molecule has 1 heterocycles. The highest BCUT2D eigenvalue weighted by molar-refractivity contribution is 6.29. The summed E-state index contributed by atoms with van der Waals surface area (Å²) in [7, 11) is 0. The van der Waals surface area contributed by atoms with Crippen molar-refractivity contribution in [3.8, 4) is 0 Å². The van der Waals surface area contributed by atoms with Crippen molar-refractivity contribution in [2.45, 2.75) is 0 Å². The number of carboxylic acids is 1. The van der Waals surface area contributed by atoms with E-state index in [1.807, 2.05) is 12.1 Å². The normalized spacial score (nSPS) is 10.3. The van der Waals surface area contributed by atoms with Crippen molar-refractivity contribution < 1.29 is 9.90 Å². The van der Waals surface area contributed by atoms with Gasteiger partial charge in [-0.25, -0.2) is 9.78 Å². The maximum Gasteiger partial charge on any atom is 0.337 e. The highest BCUT2D eigenvalue weighted by Gasteiger charge is 2.11. The van der Waals surface area contributed by atoms with E-state index >= 15 is 0 Å². The molecule has 1 aromatic heterocycles. The molecule has 0 radical (unpaired) electrons. The lowest BCUT2D eigenvalue weighted by Crippen LogP contribution is -2.06. The summed E-state index contributed by atoms with van der Waals surface area (Å²) in [5, 5.41) is 14.0. The Kier molecular flexibility index (Phi) is 3.48. The molecule has 0 spiro atoms. The van der Waals surface area contributed by atoms with Gasteiger partial charge in [-0.15, -0.1) is 0 Å². The van der Waals surface area contributed by atoms with Gasteiger partial charge < -0.3 is 10.4 Å². The number of nitrogens with zero attached hydrogens (tertiary/aromatic N) is 1. The number of nitrogens with one attached hydrogen (secondary N) is 1. The van der Waals surface area contributed by atoms with Gasteiger partial charge in [0.05, 0.1) is 12.1 Å². The van der Waals surface area contributed by atoms with Gasteiger partial charge in [0.15, 0.2) is 0 Å². The topological polar surface area (TPSA) is 62.2 Å². The SMILES string of the molecule is C=C(Cl)CNc1ncc(C(=O)O)c2ccccc12. The third kappa shape index (κ3) is 2.43. The van der Waals surface area contributed by atoms with Crippen molar-refractivity contribution >= 4 is 34.2 Å². The van der Waals surface area contributed by atoms with E-state index in [4.69, 9.17) is 16.7 Å². The number of rotatable bonds is 4. The molecule has 0 saturated heterocycles. The number of halogens is 1. The number of fused-ring (bicyclic) bond motifs is 1. The van der Waals surface area contributed by atoms with E-state index in [0.29, 0.717) is 22.8 Å². The summed E-state index contributed by atoms with van der Waals surface area (Å²) in [6.07, 6.45) is 1.34. The minimum absolute atomic E-state index is 0.181. The minimum Gasteiger partial charge on any atom is -0.478 e. The number of carbonyl (C=O) groups is 1. The van der Waals surface area contributed by atoms with Gasteiger partial charge in [0.1, 0.15) is 5.82 Å². The van der Waals surface area contributed by atoms with Crippen LogP contribution in [0.1, 0.15) is 10.4 Å². The van der Waals surface area contributed by atoms with Gasteiger partial charge in [0, 0.05) is 22.0 Å². The number of aromatic nitrogens is 1. The maximum absolute atomic E-state index is 11.1. The van der Waals surface area contributed by atoms with E-state index in [-0.39, 0.29) is 5.56 Å². The Balaban J connectivity index is 2.53. The van der Waals surface area contributed by atoms with Gasteiger partial charge in [-0.2, -0.15) is 0 Å². The van der Waals surface area contributed by atoms with E-state index in [2.05, 4.69) is 16.9 Å². The van der Waals surface area contributed by atoms with Crippen LogP contribution in [0.5, 0.6) is 0 Å². The Hall–Kier alpha value is -2.07. The zero-order valence-corrected chi connectivity index (χ0v) is 10.2. The van der Waals surface area contributed by atoms with E-state index in [9.17, 15) is 4.79 Å². The van der Waals surface area contributed by atoms with E-state index in [1.165, 1.54) is 6.20 Å². The molecule has 92 valence electrons. The fourth-order valence-electron chi connectivity index (χ4n) is 1.68. The average Bonchev–Trinajstić information content (AvgIpc) is 2.35. The second-order valence-corrected chi connectivity index (χ2v) is 4.28. The van der Waals surface area contributed by atoms with E-state index in [1.54, 1.807) is 12.1 Å². The molecule has 1 aromatic carbocycles. The number of hydrogen-bond acceptors (Lipinski definition) is 3. The molecule has 0 saturated carbocycles. The molecule has 4 nitrogen and oxygen atoms in total. The van der Waals surface area contributed by atoms with Crippen LogP contribution >= 0.6 is 11.6 Å². The van der Waals surface area contributed by atoms with Crippen molar-refractivity contribution in [1.29, 1.82) is 0 Å². The molecule has 2 rings (SSSR count). The molecule has 5 heteroatoms. The van der Waals surface area contributed by atoms with Crippen molar-refractivity contribution in [3.05, 3.63) is 47.6 Å². The highest BCUT2D eigenvalue weighted by atomic mass is 35.5. The van der Waals surface area contributed by atoms with Crippen LogP contribution in [0.4, 0.5) is 5.82 Å². The maximum atomic E-state index is 11.1. The van der Waals surface area contributed by atoms with Crippen LogP contribution < -0.4 is 5.32 Å². The molecule has 0 amide bonds. The fourth-order valence-corrected chi connectivity index (χ4v) is 1.75. The van der Waals surface area contributed by atoms with Gasteiger partial charge in [0.2, 0.25) is 0 Å². The lowest BCUT2D eigenvalue weighted by molar-refractivity contribution is 0.0698. The third-order valence-electron chi connectivity index (χ3n) is 2.47. The Morgan fingerprint density at radius 2 is 2.06 bits per heavy atom.